The molecule has 8 rings (SSSR count). The van der Waals surface area contributed by atoms with Gasteiger partial charge in [0, 0.05) is 22.5 Å². The first-order valence-corrected chi connectivity index (χ1v) is 15.2. The van der Waals surface area contributed by atoms with Gasteiger partial charge in [-0.25, -0.2) is 0 Å². The zero-order chi connectivity index (χ0) is 29.6. The largest absolute Gasteiger partial charge is 0.457 e. The Bertz CT molecular complexity index is 1840. The monoisotopic (exact) mass is 557 g/mol. The number of fused-ring (bicyclic) bond motifs is 8. The molecular formula is C41H35NO. The van der Waals surface area contributed by atoms with Gasteiger partial charge in [-0.2, -0.15) is 0 Å². The summed E-state index contributed by atoms with van der Waals surface area (Å²) >= 11 is 0. The maximum absolute atomic E-state index is 6.58. The number of hydrogen-bond acceptors (Lipinski definition) is 2. The molecular weight excluding hydrogens is 522 g/mol. The average molecular weight is 558 g/mol. The lowest BCUT2D eigenvalue weighted by molar-refractivity contribution is 0.434. The topological polar surface area (TPSA) is 21.3 Å². The van der Waals surface area contributed by atoms with E-state index in [9.17, 15) is 0 Å². The van der Waals surface area contributed by atoms with E-state index in [0.717, 1.165) is 34.0 Å². The molecule has 0 radical (unpaired) electrons. The van der Waals surface area contributed by atoms with Crippen LogP contribution < -0.4 is 10.1 Å². The predicted molar refractivity (Wildman–Crippen MR) is 180 cm³/mol. The molecule has 210 valence electrons. The molecule has 0 fully saturated rings. The maximum atomic E-state index is 6.58. The molecule has 1 N–H and O–H groups in total. The highest BCUT2D eigenvalue weighted by Gasteiger charge is 2.49. The summed E-state index contributed by atoms with van der Waals surface area (Å²) in [5.74, 6) is 1.79. The van der Waals surface area contributed by atoms with E-state index < -0.39 is 5.41 Å². The van der Waals surface area contributed by atoms with Gasteiger partial charge >= 0.3 is 0 Å². The van der Waals surface area contributed by atoms with E-state index in [4.69, 9.17) is 4.74 Å². The molecule has 2 aliphatic rings. The first kappa shape index (κ1) is 26.8. The molecule has 6 aromatic carbocycles. The van der Waals surface area contributed by atoms with E-state index in [2.05, 4.69) is 153 Å². The summed E-state index contributed by atoms with van der Waals surface area (Å²) in [5, 5.41) is 3.82. The SMILES string of the molecule is CC.Cc1ccccc1-c1ccc2c(c1)C1(c3cc(-c4ccccc4C)ccc3N2)c2ccccc2Oc2ccccc21. The highest BCUT2D eigenvalue weighted by atomic mass is 16.5. The lowest BCUT2D eigenvalue weighted by atomic mass is 9.61. The second kappa shape index (κ2) is 10.6. The summed E-state index contributed by atoms with van der Waals surface area (Å²) in [5.41, 5.74) is 13.9. The van der Waals surface area contributed by atoms with Crippen molar-refractivity contribution in [3.63, 3.8) is 0 Å². The zero-order valence-corrected chi connectivity index (χ0v) is 25.1. The molecule has 0 bridgehead atoms. The average Bonchev–Trinajstić information content (AvgIpc) is 3.06. The molecule has 0 aliphatic carbocycles. The molecule has 0 amide bonds. The Labute approximate surface area is 254 Å². The molecule has 43 heavy (non-hydrogen) atoms. The predicted octanol–water partition coefficient (Wildman–Crippen LogP) is 11.2. The van der Waals surface area contributed by atoms with Crippen molar-refractivity contribution in [3.8, 4) is 33.8 Å². The summed E-state index contributed by atoms with van der Waals surface area (Å²) in [6.45, 7) is 8.37. The molecule has 0 atom stereocenters. The van der Waals surface area contributed by atoms with Crippen molar-refractivity contribution in [1.29, 1.82) is 0 Å². The highest BCUT2D eigenvalue weighted by Crippen LogP contribution is 2.61. The minimum atomic E-state index is -0.571. The minimum Gasteiger partial charge on any atom is -0.457 e. The second-order valence-corrected chi connectivity index (χ2v) is 11.1. The van der Waals surface area contributed by atoms with Crippen LogP contribution in [0.4, 0.5) is 11.4 Å². The van der Waals surface area contributed by atoms with Gasteiger partial charge < -0.3 is 10.1 Å². The van der Waals surface area contributed by atoms with E-state index in [1.807, 2.05) is 13.8 Å². The fraction of sp³-hybridized carbons (Fsp3) is 0.122. The fourth-order valence-corrected chi connectivity index (χ4v) is 6.92. The molecule has 1 spiro atoms. The van der Waals surface area contributed by atoms with Crippen LogP contribution in [0.1, 0.15) is 47.2 Å². The summed E-state index contributed by atoms with van der Waals surface area (Å²) in [6.07, 6.45) is 0. The minimum absolute atomic E-state index is 0.571. The van der Waals surface area contributed by atoms with Gasteiger partial charge in [-0.05, 0) is 94.8 Å². The number of ether oxygens (including phenoxy) is 1. The summed E-state index contributed by atoms with van der Waals surface area (Å²) in [4.78, 5) is 0. The van der Waals surface area contributed by atoms with Crippen molar-refractivity contribution in [2.24, 2.45) is 0 Å². The number of anilines is 2. The molecule has 0 saturated heterocycles. The van der Waals surface area contributed by atoms with Crippen molar-refractivity contribution < 1.29 is 4.74 Å². The van der Waals surface area contributed by atoms with Crippen molar-refractivity contribution in [2.45, 2.75) is 33.1 Å². The van der Waals surface area contributed by atoms with Crippen LogP contribution in [-0.4, -0.2) is 0 Å². The van der Waals surface area contributed by atoms with Crippen LogP contribution in [0.5, 0.6) is 11.5 Å². The van der Waals surface area contributed by atoms with E-state index in [1.165, 1.54) is 44.5 Å². The van der Waals surface area contributed by atoms with Crippen LogP contribution in [-0.2, 0) is 5.41 Å². The molecule has 2 nitrogen and oxygen atoms in total. The van der Waals surface area contributed by atoms with Gasteiger partial charge in [0.2, 0.25) is 0 Å². The fourth-order valence-electron chi connectivity index (χ4n) is 6.92. The number of nitrogens with one attached hydrogen (secondary N) is 1. The van der Waals surface area contributed by atoms with Crippen LogP contribution in [0.25, 0.3) is 22.3 Å². The quantitative estimate of drug-likeness (QED) is 0.228. The summed E-state index contributed by atoms with van der Waals surface area (Å²) < 4.78 is 6.58. The van der Waals surface area contributed by atoms with Crippen LogP contribution in [0, 0.1) is 13.8 Å². The smallest absolute Gasteiger partial charge is 0.132 e. The first-order valence-electron chi connectivity index (χ1n) is 15.2. The normalized spacial score (nSPS) is 13.2. The molecule has 6 aromatic rings. The molecule has 2 heterocycles. The Balaban J connectivity index is 0.00000147. The van der Waals surface area contributed by atoms with Gasteiger partial charge in [0.15, 0.2) is 0 Å². The molecule has 2 heteroatoms. The Morgan fingerprint density at radius 2 is 0.884 bits per heavy atom. The number of para-hydroxylation sites is 2. The van der Waals surface area contributed by atoms with Crippen LogP contribution in [0.2, 0.25) is 0 Å². The van der Waals surface area contributed by atoms with E-state index in [1.54, 1.807) is 0 Å². The maximum Gasteiger partial charge on any atom is 0.132 e. The van der Waals surface area contributed by atoms with Gasteiger partial charge in [0.25, 0.3) is 0 Å². The van der Waals surface area contributed by atoms with E-state index in [0.29, 0.717) is 0 Å². The van der Waals surface area contributed by atoms with Crippen LogP contribution in [0.3, 0.4) is 0 Å². The summed E-state index contributed by atoms with van der Waals surface area (Å²) in [7, 11) is 0. The van der Waals surface area contributed by atoms with Gasteiger partial charge in [0.1, 0.15) is 11.5 Å². The third-order valence-electron chi connectivity index (χ3n) is 8.83. The Hall–Kier alpha value is -5.08. The van der Waals surface area contributed by atoms with Crippen LogP contribution >= 0.6 is 0 Å². The Morgan fingerprint density at radius 1 is 0.465 bits per heavy atom. The van der Waals surface area contributed by atoms with E-state index >= 15 is 0 Å². The van der Waals surface area contributed by atoms with Crippen LogP contribution in [0.15, 0.2) is 133 Å². The lowest BCUT2D eigenvalue weighted by Crippen LogP contribution is -2.37. The van der Waals surface area contributed by atoms with E-state index in [-0.39, 0.29) is 0 Å². The molecule has 0 saturated carbocycles. The van der Waals surface area contributed by atoms with Gasteiger partial charge in [-0.1, -0.05) is 111 Å². The molecule has 2 aliphatic heterocycles. The zero-order valence-electron chi connectivity index (χ0n) is 25.1. The van der Waals surface area contributed by atoms with Crippen molar-refractivity contribution in [1.82, 2.24) is 0 Å². The molecule has 0 aromatic heterocycles. The second-order valence-electron chi connectivity index (χ2n) is 11.1. The Kier molecular flexibility index (Phi) is 6.63. The number of benzene rings is 6. The molecule has 0 unspecified atom stereocenters. The third kappa shape index (κ3) is 4.09. The third-order valence-corrected chi connectivity index (χ3v) is 8.83. The van der Waals surface area contributed by atoms with Crippen molar-refractivity contribution in [2.75, 3.05) is 5.32 Å². The number of hydrogen-bond donors (Lipinski definition) is 1. The standard InChI is InChI=1S/C39H29NO.C2H6/c1-25-11-3-5-13-29(25)27-19-21-35-33(23-27)39(31-15-7-9-17-37(31)41-38-18-10-8-16-32(38)39)34-24-28(20-22-36(34)40-35)30-14-6-4-12-26(30)2;1-2/h3-24,40H,1-2H3;1-2H3. The first-order chi connectivity index (χ1) is 21.1. The number of rotatable bonds is 2. The van der Waals surface area contributed by atoms with Crippen molar-refractivity contribution >= 4 is 11.4 Å². The van der Waals surface area contributed by atoms with Crippen molar-refractivity contribution in [3.05, 3.63) is 167 Å². The Morgan fingerprint density at radius 3 is 1.35 bits per heavy atom. The number of aryl methyl sites for hydroxylation is 2. The van der Waals surface area contributed by atoms with Gasteiger partial charge in [-0.15, -0.1) is 0 Å². The summed E-state index contributed by atoms with van der Waals surface area (Å²) in [6, 6.07) is 48.1. The van der Waals surface area contributed by atoms with Gasteiger partial charge in [0.05, 0.1) is 5.41 Å². The lowest BCUT2D eigenvalue weighted by Gasteiger charge is -2.46. The van der Waals surface area contributed by atoms with Gasteiger partial charge in [-0.3, -0.25) is 0 Å². The highest BCUT2D eigenvalue weighted by molar-refractivity contribution is 5.88.